The van der Waals surface area contributed by atoms with E-state index >= 15 is 0 Å². The molecule has 0 aliphatic carbocycles. The van der Waals surface area contributed by atoms with Crippen molar-refractivity contribution in [1.29, 1.82) is 0 Å². The van der Waals surface area contributed by atoms with Crippen LogP contribution in [-0.4, -0.2) is 30.6 Å². The molecule has 0 aromatic rings. The summed E-state index contributed by atoms with van der Waals surface area (Å²) in [6, 6.07) is 0. The fraction of sp³-hybridized carbons (Fsp3) is 0.929. The molecule has 0 aromatic carbocycles. The van der Waals surface area contributed by atoms with E-state index in [1.165, 1.54) is 64.2 Å². The van der Waals surface area contributed by atoms with Gasteiger partial charge in [0.1, 0.15) is 0 Å². The molecule has 0 amide bonds. The summed E-state index contributed by atoms with van der Waals surface area (Å²) in [5, 5.41) is 3.26. The molecule has 124 valence electrons. The van der Waals surface area contributed by atoms with Crippen LogP contribution in [0.5, 0.6) is 0 Å². The van der Waals surface area contributed by atoms with Crippen molar-refractivity contribution in [1.82, 2.24) is 5.32 Å². The standard InChI is InChI=1S/C14H30N.Na.H2O4S/c1-3-5-6-7-8-9-10-11-12-13-14-15-4-2;;1-5(2,3)4/h15H,2-14H2,1H3;;(H2,1,2,3,4)/q-1;+1;. The number of unbranched alkanes of at least 4 members (excludes halogenated alkanes) is 9. The van der Waals surface area contributed by atoms with Crippen molar-refractivity contribution in [3.8, 4) is 0 Å². The smallest absolute Gasteiger partial charge is 0.346 e. The Bertz CT molecular complexity index is 254. The van der Waals surface area contributed by atoms with E-state index < -0.39 is 10.4 Å². The van der Waals surface area contributed by atoms with E-state index in [2.05, 4.69) is 19.2 Å². The fourth-order valence-corrected chi connectivity index (χ4v) is 1.86. The van der Waals surface area contributed by atoms with Gasteiger partial charge in [-0.2, -0.15) is 8.42 Å². The van der Waals surface area contributed by atoms with Gasteiger partial charge in [-0.25, -0.2) is 0 Å². The van der Waals surface area contributed by atoms with Crippen LogP contribution in [0, 0.1) is 6.92 Å². The van der Waals surface area contributed by atoms with Crippen LogP contribution in [-0.2, 0) is 10.4 Å². The molecule has 21 heavy (non-hydrogen) atoms. The largest absolute Gasteiger partial charge is 1.00 e. The number of hydrogen-bond donors (Lipinski definition) is 3. The summed E-state index contributed by atoms with van der Waals surface area (Å²) in [6.07, 6.45) is 14.2. The third kappa shape index (κ3) is 44.9. The Labute approximate surface area is 153 Å². The second-order valence-corrected chi connectivity index (χ2v) is 5.78. The predicted molar refractivity (Wildman–Crippen MR) is 84.2 cm³/mol. The van der Waals surface area contributed by atoms with Gasteiger partial charge in [0.15, 0.2) is 0 Å². The van der Waals surface area contributed by atoms with Crippen LogP contribution in [0.2, 0.25) is 0 Å². The maximum Gasteiger partial charge on any atom is 1.00 e. The van der Waals surface area contributed by atoms with E-state index in [1.807, 2.05) is 0 Å². The Morgan fingerprint density at radius 2 is 1.19 bits per heavy atom. The first kappa shape index (κ1) is 26.7. The zero-order chi connectivity index (χ0) is 15.7. The quantitative estimate of drug-likeness (QED) is 0.212. The molecule has 0 heterocycles. The molecule has 7 heteroatoms. The van der Waals surface area contributed by atoms with Crippen molar-refractivity contribution < 1.29 is 47.1 Å². The maximum absolute atomic E-state index is 8.74. The van der Waals surface area contributed by atoms with Crippen molar-refractivity contribution in [2.24, 2.45) is 0 Å². The molecule has 0 atom stereocenters. The summed E-state index contributed by atoms with van der Waals surface area (Å²) < 4.78 is 31.6. The molecule has 0 fully saturated rings. The second-order valence-electron chi connectivity index (χ2n) is 4.88. The molecular formula is C14H32NNaO4S. The first-order valence-corrected chi connectivity index (χ1v) is 9.01. The van der Waals surface area contributed by atoms with Crippen LogP contribution in [0.3, 0.4) is 0 Å². The van der Waals surface area contributed by atoms with Crippen LogP contribution in [0.4, 0.5) is 0 Å². The SMILES string of the molecule is O=S(=O)(O)O.[CH2-]CNCCCCCCCCCCCC.[Na+]. The summed E-state index contributed by atoms with van der Waals surface area (Å²) in [5.41, 5.74) is 0. The van der Waals surface area contributed by atoms with Crippen molar-refractivity contribution in [2.45, 2.75) is 71.1 Å². The van der Waals surface area contributed by atoms with Crippen LogP contribution in [0.25, 0.3) is 0 Å². The Morgan fingerprint density at radius 3 is 1.52 bits per heavy atom. The molecule has 0 saturated heterocycles. The third-order valence-electron chi connectivity index (χ3n) is 2.88. The van der Waals surface area contributed by atoms with E-state index in [1.54, 1.807) is 0 Å². The van der Waals surface area contributed by atoms with Crippen LogP contribution < -0.4 is 34.9 Å². The Morgan fingerprint density at radius 1 is 0.857 bits per heavy atom. The molecule has 0 unspecified atom stereocenters. The van der Waals surface area contributed by atoms with Gasteiger partial charge in [-0.3, -0.25) is 9.11 Å². The first-order valence-electron chi connectivity index (χ1n) is 7.61. The Kier molecular flexibility index (Phi) is 26.5. The topological polar surface area (TPSA) is 86.6 Å². The molecule has 0 aliphatic heterocycles. The zero-order valence-corrected chi connectivity index (χ0v) is 16.6. The number of hydrogen-bond acceptors (Lipinski definition) is 3. The normalized spacial score (nSPS) is 10.5. The predicted octanol–water partition coefficient (Wildman–Crippen LogP) is 0.682. The molecule has 0 aliphatic rings. The maximum atomic E-state index is 8.74. The summed E-state index contributed by atoms with van der Waals surface area (Å²) in [4.78, 5) is 0. The minimum absolute atomic E-state index is 0. The number of rotatable bonds is 12. The molecule has 0 rings (SSSR count). The Hall–Kier alpha value is 0.830. The molecule has 0 bridgehead atoms. The minimum atomic E-state index is -4.67. The van der Waals surface area contributed by atoms with Gasteiger partial charge in [0.2, 0.25) is 0 Å². The van der Waals surface area contributed by atoms with E-state index in [9.17, 15) is 0 Å². The van der Waals surface area contributed by atoms with Gasteiger partial charge < -0.3 is 12.2 Å². The van der Waals surface area contributed by atoms with Gasteiger partial charge in [-0.05, 0) is 13.0 Å². The van der Waals surface area contributed by atoms with Gasteiger partial charge >= 0.3 is 40.0 Å². The molecule has 3 N–H and O–H groups in total. The summed E-state index contributed by atoms with van der Waals surface area (Å²) in [7, 11) is -4.67. The van der Waals surface area contributed by atoms with Gasteiger partial charge in [0, 0.05) is 0 Å². The molecular weight excluding hydrogens is 301 g/mol. The van der Waals surface area contributed by atoms with Crippen LogP contribution in [0.15, 0.2) is 0 Å². The first-order chi connectivity index (χ1) is 9.41. The summed E-state index contributed by atoms with van der Waals surface area (Å²) in [5.74, 6) is 0. The van der Waals surface area contributed by atoms with Gasteiger partial charge in [0.25, 0.3) is 0 Å². The van der Waals surface area contributed by atoms with Crippen molar-refractivity contribution in [3.63, 3.8) is 0 Å². The third-order valence-corrected chi connectivity index (χ3v) is 2.88. The van der Waals surface area contributed by atoms with E-state index in [0.717, 1.165) is 13.1 Å². The second kappa shape index (κ2) is 20.8. The van der Waals surface area contributed by atoms with Gasteiger partial charge in [-0.1, -0.05) is 64.7 Å². The van der Waals surface area contributed by atoms with Crippen LogP contribution >= 0.6 is 0 Å². The molecule has 0 saturated carbocycles. The van der Waals surface area contributed by atoms with Gasteiger partial charge in [-0.15, -0.1) is 6.54 Å². The zero-order valence-electron chi connectivity index (χ0n) is 13.8. The van der Waals surface area contributed by atoms with Crippen molar-refractivity contribution in [3.05, 3.63) is 6.92 Å². The van der Waals surface area contributed by atoms with E-state index in [4.69, 9.17) is 17.5 Å². The molecule has 5 nitrogen and oxygen atoms in total. The fourth-order valence-electron chi connectivity index (χ4n) is 1.86. The summed E-state index contributed by atoms with van der Waals surface area (Å²) in [6.45, 7) is 8.06. The monoisotopic (exact) mass is 333 g/mol. The van der Waals surface area contributed by atoms with E-state index in [-0.39, 0.29) is 29.6 Å². The van der Waals surface area contributed by atoms with Crippen molar-refractivity contribution >= 4 is 10.4 Å². The molecule has 0 spiro atoms. The van der Waals surface area contributed by atoms with E-state index in [0.29, 0.717) is 0 Å². The van der Waals surface area contributed by atoms with Crippen molar-refractivity contribution in [2.75, 3.05) is 13.1 Å². The van der Waals surface area contributed by atoms with Gasteiger partial charge in [0.05, 0.1) is 0 Å². The average Bonchev–Trinajstić information content (AvgIpc) is 2.34. The van der Waals surface area contributed by atoms with Crippen LogP contribution in [0.1, 0.15) is 71.1 Å². The summed E-state index contributed by atoms with van der Waals surface area (Å²) >= 11 is 0. The Balaban J connectivity index is -0.000000465. The minimum Gasteiger partial charge on any atom is -0.346 e. The molecule has 0 aromatic heterocycles. The number of nitrogens with one attached hydrogen (secondary N) is 1. The molecule has 0 radical (unpaired) electrons. The average molecular weight is 333 g/mol.